The molecule has 0 bridgehead atoms. The molecule has 2 rings (SSSR count). The van der Waals surface area contributed by atoms with Crippen molar-refractivity contribution in [3.63, 3.8) is 0 Å². The fraction of sp³-hybridized carbons (Fsp3) is 0.389. The molecule has 1 aromatic carbocycles. The molecule has 3 nitrogen and oxygen atoms in total. The SMILES string of the molecule is CCN(CC)c1ccc(CN[C@@H](C)c2cccnc2)cc1. The molecule has 0 fully saturated rings. The lowest BCUT2D eigenvalue weighted by molar-refractivity contribution is 0.573. The quantitative estimate of drug-likeness (QED) is 0.838. The predicted octanol–water partition coefficient (Wildman–Crippen LogP) is 3.78. The van der Waals surface area contributed by atoms with E-state index < -0.39 is 0 Å². The first-order chi connectivity index (χ1) is 10.2. The van der Waals surface area contributed by atoms with Crippen molar-refractivity contribution in [2.24, 2.45) is 0 Å². The summed E-state index contributed by atoms with van der Waals surface area (Å²) in [5.74, 6) is 0. The molecule has 0 aliphatic heterocycles. The molecular formula is C18H25N3. The Kier molecular flexibility index (Phi) is 5.76. The number of anilines is 1. The fourth-order valence-electron chi connectivity index (χ4n) is 2.43. The highest BCUT2D eigenvalue weighted by Gasteiger charge is 2.05. The van der Waals surface area contributed by atoms with E-state index in [2.05, 4.69) is 66.3 Å². The van der Waals surface area contributed by atoms with Crippen molar-refractivity contribution < 1.29 is 0 Å². The number of benzene rings is 1. The second-order valence-electron chi connectivity index (χ2n) is 5.23. The molecule has 2 aromatic rings. The van der Waals surface area contributed by atoms with Gasteiger partial charge in [-0.15, -0.1) is 0 Å². The van der Waals surface area contributed by atoms with Gasteiger partial charge in [-0.05, 0) is 50.1 Å². The van der Waals surface area contributed by atoms with Gasteiger partial charge in [0.15, 0.2) is 0 Å². The lowest BCUT2D eigenvalue weighted by Gasteiger charge is -2.21. The zero-order chi connectivity index (χ0) is 15.1. The summed E-state index contributed by atoms with van der Waals surface area (Å²) < 4.78 is 0. The number of nitrogens with one attached hydrogen (secondary N) is 1. The minimum absolute atomic E-state index is 0.307. The predicted molar refractivity (Wildman–Crippen MR) is 89.5 cm³/mol. The maximum atomic E-state index is 4.17. The van der Waals surface area contributed by atoms with Crippen LogP contribution in [0.5, 0.6) is 0 Å². The smallest absolute Gasteiger partial charge is 0.0366 e. The average molecular weight is 283 g/mol. The largest absolute Gasteiger partial charge is 0.372 e. The molecule has 1 atom stereocenters. The van der Waals surface area contributed by atoms with Crippen LogP contribution < -0.4 is 10.2 Å². The van der Waals surface area contributed by atoms with E-state index in [9.17, 15) is 0 Å². The molecule has 0 saturated heterocycles. The molecule has 1 heterocycles. The highest BCUT2D eigenvalue weighted by atomic mass is 15.1. The standard InChI is InChI=1S/C18H25N3/c1-4-21(5-2)18-10-8-16(9-11-18)13-20-15(3)17-7-6-12-19-14-17/h6-12,14-15,20H,4-5,13H2,1-3H3/t15-/m0/s1. The molecule has 3 heteroatoms. The molecule has 112 valence electrons. The second-order valence-corrected chi connectivity index (χ2v) is 5.23. The van der Waals surface area contributed by atoms with E-state index >= 15 is 0 Å². The van der Waals surface area contributed by atoms with Crippen molar-refractivity contribution in [3.05, 3.63) is 59.9 Å². The topological polar surface area (TPSA) is 28.2 Å². The van der Waals surface area contributed by atoms with Crippen molar-refractivity contribution in [2.75, 3.05) is 18.0 Å². The fourth-order valence-corrected chi connectivity index (χ4v) is 2.43. The monoisotopic (exact) mass is 283 g/mol. The molecular weight excluding hydrogens is 258 g/mol. The van der Waals surface area contributed by atoms with Crippen LogP contribution in [0.25, 0.3) is 0 Å². The Balaban J connectivity index is 1.92. The molecule has 0 saturated carbocycles. The number of hydrogen-bond acceptors (Lipinski definition) is 3. The van der Waals surface area contributed by atoms with E-state index in [1.165, 1.54) is 16.8 Å². The third-order valence-corrected chi connectivity index (χ3v) is 3.86. The molecule has 0 unspecified atom stereocenters. The highest BCUT2D eigenvalue weighted by molar-refractivity contribution is 5.47. The Morgan fingerprint density at radius 2 is 1.81 bits per heavy atom. The zero-order valence-electron chi connectivity index (χ0n) is 13.2. The lowest BCUT2D eigenvalue weighted by Crippen LogP contribution is -2.22. The van der Waals surface area contributed by atoms with Gasteiger partial charge in [0.1, 0.15) is 0 Å². The van der Waals surface area contributed by atoms with Crippen LogP contribution in [-0.4, -0.2) is 18.1 Å². The van der Waals surface area contributed by atoms with Gasteiger partial charge in [0.05, 0.1) is 0 Å². The molecule has 0 amide bonds. The summed E-state index contributed by atoms with van der Waals surface area (Å²) in [6.07, 6.45) is 3.73. The van der Waals surface area contributed by atoms with Gasteiger partial charge in [-0.3, -0.25) is 4.98 Å². The van der Waals surface area contributed by atoms with Gasteiger partial charge in [-0.25, -0.2) is 0 Å². The first-order valence-corrected chi connectivity index (χ1v) is 7.71. The van der Waals surface area contributed by atoms with Gasteiger partial charge in [0, 0.05) is 43.8 Å². The van der Waals surface area contributed by atoms with E-state index in [1.807, 2.05) is 18.5 Å². The van der Waals surface area contributed by atoms with Crippen molar-refractivity contribution >= 4 is 5.69 Å². The second kappa shape index (κ2) is 7.79. The first-order valence-electron chi connectivity index (χ1n) is 7.71. The normalized spacial score (nSPS) is 12.1. The van der Waals surface area contributed by atoms with E-state index in [1.54, 1.807) is 0 Å². The Labute approximate surface area is 128 Å². The third-order valence-electron chi connectivity index (χ3n) is 3.86. The van der Waals surface area contributed by atoms with Crippen LogP contribution >= 0.6 is 0 Å². The van der Waals surface area contributed by atoms with E-state index in [0.29, 0.717) is 6.04 Å². The van der Waals surface area contributed by atoms with Gasteiger partial charge in [0.2, 0.25) is 0 Å². The molecule has 1 aromatic heterocycles. The Morgan fingerprint density at radius 3 is 2.38 bits per heavy atom. The number of nitrogens with zero attached hydrogens (tertiary/aromatic N) is 2. The summed E-state index contributed by atoms with van der Waals surface area (Å²) in [4.78, 5) is 6.52. The third kappa shape index (κ3) is 4.30. The average Bonchev–Trinajstić information content (AvgIpc) is 2.55. The maximum absolute atomic E-state index is 4.17. The van der Waals surface area contributed by atoms with Crippen LogP contribution in [0, 0.1) is 0 Å². The van der Waals surface area contributed by atoms with Gasteiger partial charge in [0.25, 0.3) is 0 Å². The molecule has 1 N–H and O–H groups in total. The van der Waals surface area contributed by atoms with Crippen LogP contribution in [0.15, 0.2) is 48.8 Å². The number of rotatable bonds is 7. The number of hydrogen-bond donors (Lipinski definition) is 1. The van der Waals surface area contributed by atoms with Gasteiger partial charge < -0.3 is 10.2 Å². The van der Waals surface area contributed by atoms with Crippen molar-refractivity contribution in [1.29, 1.82) is 0 Å². The van der Waals surface area contributed by atoms with Gasteiger partial charge in [-0.1, -0.05) is 18.2 Å². The van der Waals surface area contributed by atoms with Crippen LogP contribution in [0.2, 0.25) is 0 Å². The van der Waals surface area contributed by atoms with Crippen molar-refractivity contribution in [2.45, 2.75) is 33.4 Å². The lowest BCUT2D eigenvalue weighted by atomic mass is 10.1. The van der Waals surface area contributed by atoms with Crippen LogP contribution in [-0.2, 0) is 6.54 Å². The Bertz CT molecular complexity index is 518. The zero-order valence-corrected chi connectivity index (χ0v) is 13.2. The molecule has 0 aliphatic carbocycles. The van der Waals surface area contributed by atoms with Crippen LogP contribution in [0.1, 0.15) is 37.9 Å². The Morgan fingerprint density at radius 1 is 1.10 bits per heavy atom. The number of pyridine rings is 1. The Hall–Kier alpha value is -1.87. The molecule has 0 aliphatic rings. The highest BCUT2D eigenvalue weighted by Crippen LogP contribution is 2.16. The van der Waals surface area contributed by atoms with Crippen molar-refractivity contribution in [3.8, 4) is 0 Å². The summed E-state index contributed by atoms with van der Waals surface area (Å²) in [5, 5.41) is 3.54. The van der Waals surface area contributed by atoms with E-state index in [0.717, 1.165) is 19.6 Å². The minimum Gasteiger partial charge on any atom is -0.372 e. The molecule has 21 heavy (non-hydrogen) atoms. The van der Waals surface area contributed by atoms with Crippen LogP contribution in [0.3, 0.4) is 0 Å². The van der Waals surface area contributed by atoms with Gasteiger partial charge >= 0.3 is 0 Å². The minimum atomic E-state index is 0.307. The maximum Gasteiger partial charge on any atom is 0.0366 e. The van der Waals surface area contributed by atoms with Crippen LogP contribution in [0.4, 0.5) is 5.69 Å². The summed E-state index contributed by atoms with van der Waals surface area (Å²) in [6.45, 7) is 9.51. The summed E-state index contributed by atoms with van der Waals surface area (Å²) >= 11 is 0. The van der Waals surface area contributed by atoms with Crippen molar-refractivity contribution in [1.82, 2.24) is 10.3 Å². The van der Waals surface area contributed by atoms with E-state index in [4.69, 9.17) is 0 Å². The summed E-state index contributed by atoms with van der Waals surface area (Å²) in [7, 11) is 0. The number of aromatic nitrogens is 1. The first kappa shape index (κ1) is 15.5. The summed E-state index contributed by atoms with van der Waals surface area (Å²) in [6, 6.07) is 13.2. The van der Waals surface area contributed by atoms with Gasteiger partial charge in [-0.2, -0.15) is 0 Å². The molecule has 0 radical (unpaired) electrons. The summed E-state index contributed by atoms with van der Waals surface area (Å²) in [5.41, 5.74) is 3.82. The van der Waals surface area contributed by atoms with E-state index in [-0.39, 0.29) is 0 Å². The molecule has 0 spiro atoms.